The van der Waals surface area contributed by atoms with Crippen molar-refractivity contribution in [2.24, 2.45) is 5.92 Å². The van der Waals surface area contributed by atoms with Crippen LogP contribution in [0.4, 0.5) is 0 Å². The highest BCUT2D eigenvalue weighted by Gasteiger charge is 2.30. The Kier molecular flexibility index (Phi) is 6.04. The highest BCUT2D eigenvalue weighted by atomic mass is 16.7. The van der Waals surface area contributed by atoms with Gasteiger partial charge in [-0.05, 0) is 55.8 Å². The first-order valence-corrected chi connectivity index (χ1v) is 11.3. The van der Waals surface area contributed by atoms with Crippen molar-refractivity contribution in [2.45, 2.75) is 25.9 Å². The number of piperazine rings is 1. The number of likely N-dealkylation sites (tertiary alicyclic amines) is 1. The fourth-order valence-corrected chi connectivity index (χ4v) is 4.74. The molecule has 164 valence electrons. The molecule has 2 saturated heterocycles. The van der Waals surface area contributed by atoms with E-state index in [1.807, 2.05) is 24.4 Å². The minimum Gasteiger partial charge on any atom is -0.454 e. The average Bonchev–Trinajstić information content (AvgIpc) is 3.28. The summed E-state index contributed by atoms with van der Waals surface area (Å²) in [6.45, 7) is 7.47. The lowest BCUT2D eigenvalue weighted by Crippen LogP contribution is -2.51. The maximum Gasteiger partial charge on any atom is 0.231 e. The molecule has 2 fully saturated rings. The molecule has 0 N–H and O–H groups in total. The monoisotopic (exact) mass is 422 g/mol. The predicted octanol–water partition coefficient (Wildman–Crippen LogP) is 2.37. The lowest BCUT2D eigenvalue weighted by molar-refractivity contribution is -0.139. The third-order valence-electron chi connectivity index (χ3n) is 6.58. The number of hydrogen-bond acceptors (Lipinski definition) is 6. The van der Waals surface area contributed by atoms with Crippen LogP contribution in [0.5, 0.6) is 11.5 Å². The van der Waals surface area contributed by atoms with Crippen LogP contribution in [0.1, 0.15) is 24.1 Å². The van der Waals surface area contributed by atoms with E-state index >= 15 is 0 Å². The normalized spacial score (nSPS) is 20.2. The average molecular weight is 423 g/mol. The van der Waals surface area contributed by atoms with Crippen LogP contribution < -0.4 is 9.47 Å². The summed E-state index contributed by atoms with van der Waals surface area (Å²) in [5.41, 5.74) is 2.33. The van der Waals surface area contributed by atoms with Crippen LogP contribution in [0.15, 0.2) is 42.6 Å². The standard InChI is InChI=1S/C24H30N4O3/c29-24(20-6-9-26(10-7-20)17-21-3-1-2-8-25-21)28-13-11-27(12-14-28)16-19-4-5-22-23(15-19)31-18-30-22/h1-5,8,15,20H,6-7,9-14,16-18H2. The van der Waals surface area contributed by atoms with Crippen LogP contribution in [-0.4, -0.2) is 71.7 Å². The number of carbonyl (C=O) groups is 1. The van der Waals surface area contributed by atoms with E-state index in [9.17, 15) is 4.79 Å². The van der Waals surface area contributed by atoms with E-state index in [1.54, 1.807) is 0 Å². The summed E-state index contributed by atoms with van der Waals surface area (Å²) in [4.78, 5) is 24.4. The van der Waals surface area contributed by atoms with Crippen molar-refractivity contribution in [3.8, 4) is 11.5 Å². The molecule has 0 unspecified atom stereocenters. The molecule has 1 aromatic carbocycles. The maximum absolute atomic E-state index is 13.1. The van der Waals surface area contributed by atoms with Gasteiger partial charge in [-0.25, -0.2) is 0 Å². The summed E-state index contributed by atoms with van der Waals surface area (Å²) in [5.74, 6) is 2.17. The van der Waals surface area contributed by atoms with Crippen molar-refractivity contribution in [3.63, 3.8) is 0 Å². The Bertz CT molecular complexity index is 891. The van der Waals surface area contributed by atoms with Crippen LogP contribution in [0.3, 0.4) is 0 Å². The summed E-state index contributed by atoms with van der Waals surface area (Å²) < 4.78 is 10.9. The Labute approximate surface area is 183 Å². The number of pyridine rings is 1. The van der Waals surface area contributed by atoms with E-state index in [0.717, 1.165) is 82.4 Å². The summed E-state index contributed by atoms with van der Waals surface area (Å²) in [7, 11) is 0. The topological polar surface area (TPSA) is 58.1 Å². The van der Waals surface area contributed by atoms with Gasteiger partial charge in [0.05, 0.1) is 5.69 Å². The number of benzene rings is 1. The number of piperidine rings is 1. The number of fused-ring (bicyclic) bond motifs is 1. The molecule has 1 aromatic heterocycles. The van der Waals surface area contributed by atoms with Crippen LogP contribution in [0.25, 0.3) is 0 Å². The Morgan fingerprint density at radius 2 is 1.68 bits per heavy atom. The number of amides is 1. The van der Waals surface area contributed by atoms with E-state index in [1.165, 1.54) is 5.56 Å². The van der Waals surface area contributed by atoms with Crippen molar-refractivity contribution in [1.29, 1.82) is 0 Å². The van der Waals surface area contributed by atoms with Gasteiger partial charge < -0.3 is 14.4 Å². The van der Waals surface area contributed by atoms with E-state index in [4.69, 9.17) is 9.47 Å². The first-order valence-electron chi connectivity index (χ1n) is 11.3. The molecule has 3 aliphatic rings. The molecule has 1 amide bonds. The molecule has 0 spiro atoms. The third-order valence-corrected chi connectivity index (χ3v) is 6.58. The van der Waals surface area contributed by atoms with Crippen LogP contribution in [-0.2, 0) is 17.9 Å². The van der Waals surface area contributed by atoms with Gasteiger partial charge in [-0.2, -0.15) is 0 Å². The van der Waals surface area contributed by atoms with Gasteiger partial charge in [0.15, 0.2) is 11.5 Å². The highest BCUT2D eigenvalue weighted by Crippen LogP contribution is 2.33. The highest BCUT2D eigenvalue weighted by molar-refractivity contribution is 5.79. The smallest absolute Gasteiger partial charge is 0.231 e. The van der Waals surface area contributed by atoms with Crippen molar-refractivity contribution in [1.82, 2.24) is 19.7 Å². The quantitative estimate of drug-likeness (QED) is 0.737. The molecule has 2 aromatic rings. The fraction of sp³-hybridized carbons (Fsp3) is 0.500. The van der Waals surface area contributed by atoms with Gasteiger partial charge in [-0.3, -0.25) is 19.6 Å². The minimum absolute atomic E-state index is 0.167. The molecule has 0 radical (unpaired) electrons. The Morgan fingerprint density at radius 3 is 2.45 bits per heavy atom. The third kappa shape index (κ3) is 4.83. The molecule has 4 heterocycles. The van der Waals surface area contributed by atoms with Crippen LogP contribution >= 0.6 is 0 Å². The Morgan fingerprint density at radius 1 is 0.903 bits per heavy atom. The molecule has 5 rings (SSSR count). The van der Waals surface area contributed by atoms with Gasteiger partial charge >= 0.3 is 0 Å². The summed E-state index contributed by atoms with van der Waals surface area (Å²) in [5, 5.41) is 0. The van der Waals surface area contributed by atoms with Crippen molar-refractivity contribution in [3.05, 3.63) is 53.9 Å². The number of rotatable bonds is 5. The molecule has 31 heavy (non-hydrogen) atoms. The molecule has 3 aliphatic heterocycles. The number of hydrogen-bond donors (Lipinski definition) is 0. The number of aromatic nitrogens is 1. The minimum atomic E-state index is 0.167. The van der Waals surface area contributed by atoms with Crippen molar-refractivity contribution < 1.29 is 14.3 Å². The number of ether oxygens (including phenoxy) is 2. The largest absolute Gasteiger partial charge is 0.454 e. The first kappa shape index (κ1) is 20.3. The van der Waals surface area contributed by atoms with Crippen molar-refractivity contribution in [2.75, 3.05) is 46.1 Å². The molecule has 7 heteroatoms. The molecular formula is C24H30N4O3. The van der Waals surface area contributed by atoms with Gasteiger partial charge in [-0.1, -0.05) is 12.1 Å². The fourth-order valence-electron chi connectivity index (χ4n) is 4.74. The van der Waals surface area contributed by atoms with Gasteiger partial charge in [0, 0.05) is 51.4 Å². The molecule has 0 aliphatic carbocycles. The summed E-state index contributed by atoms with van der Waals surface area (Å²) >= 11 is 0. The second kappa shape index (κ2) is 9.24. The maximum atomic E-state index is 13.1. The molecule has 0 bridgehead atoms. The predicted molar refractivity (Wildman–Crippen MR) is 117 cm³/mol. The van der Waals surface area contributed by atoms with Gasteiger partial charge in [-0.15, -0.1) is 0 Å². The van der Waals surface area contributed by atoms with E-state index in [-0.39, 0.29) is 5.92 Å². The number of carbonyl (C=O) groups excluding carboxylic acids is 1. The lowest BCUT2D eigenvalue weighted by atomic mass is 9.95. The zero-order chi connectivity index (χ0) is 21.0. The van der Waals surface area contributed by atoms with Crippen molar-refractivity contribution >= 4 is 5.91 Å². The second-order valence-corrected chi connectivity index (χ2v) is 8.66. The van der Waals surface area contributed by atoms with Crippen LogP contribution in [0.2, 0.25) is 0 Å². The van der Waals surface area contributed by atoms with Crippen LogP contribution in [0, 0.1) is 5.92 Å². The summed E-state index contributed by atoms with van der Waals surface area (Å²) in [6.07, 6.45) is 3.74. The molecule has 7 nitrogen and oxygen atoms in total. The van der Waals surface area contributed by atoms with Gasteiger partial charge in [0.1, 0.15) is 0 Å². The van der Waals surface area contributed by atoms with Gasteiger partial charge in [0.25, 0.3) is 0 Å². The molecule has 0 atom stereocenters. The van der Waals surface area contributed by atoms with Gasteiger partial charge in [0.2, 0.25) is 12.7 Å². The zero-order valence-corrected chi connectivity index (χ0v) is 17.9. The number of nitrogens with zero attached hydrogens (tertiary/aromatic N) is 4. The zero-order valence-electron chi connectivity index (χ0n) is 17.9. The molecule has 0 saturated carbocycles. The van der Waals surface area contributed by atoms with E-state index in [2.05, 4.69) is 37.9 Å². The van der Waals surface area contributed by atoms with E-state index < -0.39 is 0 Å². The summed E-state index contributed by atoms with van der Waals surface area (Å²) in [6, 6.07) is 12.2. The second-order valence-electron chi connectivity index (χ2n) is 8.66. The first-order chi connectivity index (χ1) is 15.2. The lowest BCUT2D eigenvalue weighted by Gasteiger charge is -2.38. The molecular weight excluding hydrogens is 392 g/mol. The SMILES string of the molecule is O=C(C1CCN(Cc2ccccn2)CC1)N1CCN(Cc2ccc3c(c2)OCO3)CC1. The Hall–Kier alpha value is -2.64. The Balaban J connectivity index is 1.07. The van der Waals surface area contributed by atoms with E-state index in [0.29, 0.717) is 12.7 Å².